The van der Waals surface area contributed by atoms with E-state index in [0.29, 0.717) is 59.1 Å². The van der Waals surface area contributed by atoms with Crippen LogP contribution in [0.4, 0.5) is 5.82 Å². The van der Waals surface area contributed by atoms with Crippen molar-refractivity contribution in [3.63, 3.8) is 0 Å². The number of amides is 1. The van der Waals surface area contributed by atoms with Gasteiger partial charge in [-0.05, 0) is 24.6 Å². The maximum absolute atomic E-state index is 13.5. The van der Waals surface area contributed by atoms with Crippen LogP contribution in [0.3, 0.4) is 0 Å². The predicted molar refractivity (Wildman–Crippen MR) is 156 cm³/mol. The van der Waals surface area contributed by atoms with Crippen molar-refractivity contribution in [3.8, 4) is 0 Å². The van der Waals surface area contributed by atoms with Crippen LogP contribution in [0.15, 0.2) is 34.1 Å². The first-order valence-corrected chi connectivity index (χ1v) is 14.9. The van der Waals surface area contributed by atoms with Gasteiger partial charge in [0.05, 0.1) is 23.7 Å². The zero-order valence-corrected chi connectivity index (χ0v) is 23.5. The summed E-state index contributed by atoms with van der Waals surface area (Å²) in [5.74, 6) is 0.482. The average Bonchev–Trinajstić information content (AvgIpc) is 3.19. The lowest BCUT2D eigenvalue weighted by atomic mass is 10.1. The van der Waals surface area contributed by atoms with E-state index in [2.05, 4.69) is 11.8 Å². The van der Waals surface area contributed by atoms with Crippen molar-refractivity contribution < 1.29 is 9.53 Å². The van der Waals surface area contributed by atoms with Gasteiger partial charge in [0.15, 0.2) is 0 Å². The largest absolute Gasteiger partial charge is 0.378 e. The topological polar surface area (TPSA) is 67.2 Å². The number of ether oxygens (including phenoxy) is 1. The Kier molecular flexibility index (Phi) is 10.6. The van der Waals surface area contributed by atoms with Crippen LogP contribution >= 0.6 is 24.0 Å². The summed E-state index contributed by atoms with van der Waals surface area (Å²) in [6.07, 6.45) is 15.9. The van der Waals surface area contributed by atoms with E-state index in [1.165, 1.54) is 67.5 Å². The SMILES string of the molecule is CCCCCCCCCCCCN1C(=O)/C(=C\c2c(N3CCOCC3)nc3ccccn3c2=O)SC1=S. The molecule has 4 heterocycles. The molecule has 0 N–H and O–H groups in total. The molecule has 0 saturated carbocycles. The maximum Gasteiger partial charge on any atom is 0.267 e. The second kappa shape index (κ2) is 14.1. The molecule has 1 amide bonds. The second-order valence-electron chi connectivity index (χ2n) is 9.70. The smallest absolute Gasteiger partial charge is 0.267 e. The minimum atomic E-state index is -0.188. The summed E-state index contributed by atoms with van der Waals surface area (Å²) in [6, 6.07) is 5.49. The minimum Gasteiger partial charge on any atom is -0.378 e. The Morgan fingerprint density at radius 1 is 1.00 bits per heavy atom. The van der Waals surface area contributed by atoms with Gasteiger partial charge < -0.3 is 9.64 Å². The van der Waals surface area contributed by atoms with Crippen molar-refractivity contribution in [2.75, 3.05) is 37.7 Å². The van der Waals surface area contributed by atoms with Crippen molar-refractivity contribution in [3.05, 3.63) is 45.2 Å². The fraction of sp³-hybridized carbons (Fsp3) is 0.571. The Morgan fingerprint density at radius 2 is 1.68 bits per heavy atom. The number of unbranched alkanes of at least 4 members (excludes halogenated alkanes) is 9. The van der Waals surface area contributed by atoms with Gasteiger partial charge in [-0.15, -0.1) is 0 Å². The highest BCUT2D eigenvalue weighted by Gasteiger charge is 2.32. The maximum atomic E-state index is 13.5. The molecule has 37 heavy (non-hydrogen) atoms. The number of carbonyl (C=O) groups excluding carboxylic acids is 1. The summed E-state index contributed by atoms with van der Waals surface area (Å²) < 4.78 is 7.59. The molecule has 9 heteroatoms. The third kappa shape index (κ3) is 7.21. The molecule has 2 aliphatic rings. The van der Waals surface area contributed by atoms with Crippen molar-refractivity contribution >= 4 is 51.7 Å². The van der Waals surface area contributed by atoms with Crippen molar-refractivity contribution in [1.29, 1.82) is 0 Å². The Hall–Kier alpha value is -2.23. The number of hydrogen-bond acceptors (Lipinski definition) is 7. The fourth-order valence-corrected chi connectivity index (χ4v) is 6.11. The third-order valence-electron chi connectivity index (χ3n) is 6.94. The molecule has 0 atom stereocenters. The minimum absolute atomic E-state index is 0.114. The first-order chi connectivity index (χ1) is 18.1. The summed E-state index contributed by atoms with van der Waals surface area (Å²) in [6.45, 7) is 5.33. The summed E-state index contributed by atoms with van der Waals surface area (Å²) in [5.41, 5.74) is 0.816. The number of fused-ring (bicyclic) bond motifs is 1. The lowest BCUT2D eigenvalue weighted by Crippen LogP contribution is -2.38. The van der Waals surface area contributed by atoms with Crippen LogP contribution in [0.5, 0.6) is 0 Å². The van der Waals surface area contributed by atoms with Crippen LogP contribution in [-0.2, 0) is 9.53 Å². The van der Waals surface area contributed by atoms with Gasteiger partial charge in [0.25, 0.3) is 11.5 Å². The molecule has 0 spiro atoms. The van der Waals surface area contributed by atoms with Gasteiger partial charge in [-0.3, -0.25) is 18.9 Å². The van der Waals surface area contributed by atoms with Crippen LogP contribution in [0.2, 0.25) is 0 Å². The van der Waals surface area contributed by atoms with Crippen molar-refractivity contribution in [1.82, 2.24) is 14.3 Å². The zero-order valence-electron chi connectivity index (χ0n) is 21.8. The van der Waals surface area contributed by atoms with Gasteiger partial charge in [-0.2, -0.15) is 0 Å². The van der Waals surface area contributed by atoms with E-state index in [4.69, 9.17) is 21.9 Å². The molecule has 0 aromatic carbocycles. The van der Waals surface area contributed by atoms with Crippen LogP contribution in [0.25, 0.3) is 11.7 Å². The van der Waals surface area contributed by atoms with E-state index in [1.54, 1.807) is 23.2 Å². The first kappa shape index (κ1) is 27.8. The second-order valence-corrected chi connectivity index (χ2v) is 11.4. The van der Waals surface area contributed by atoms with Gasteiger partial charge in [0.1, 0.15) is 15.8 Å². The first-order valence-electron chi connectivity index (χ1n) is 13.7. The quantitative estimate of drug-likeness (QED) is 0.184. The lowest BCUT2D eigenvalue weighted by molar-refractivity contribution is -0.122. The lowest BCUT2D eigenvalue weighted by Gasteiger charge is -2.29. The number of rotatable bonds is 13. The summed E-state index contributed by atoms with van der Waals surface area (Å²) in [4.78, 5) is 35.8. The molecular weight excluding hydrogens is 504 g/mol. The summed E-state index contributed by atoms with van der Waals surface area (Å²) in [5, 5.41) is 0. The molecule has 2 aromatic rings. The number of thioether (sulfide) groups is 1. The molecule has 0 unspecified atom stereocenters. The van der Waals surface area contributed by atoms with Crippen LogP contribution in [-0.4, -0.2) is 57.4 Å². The standard InChI is InChI=1S/C28H38N4O3S2/c1-2-3-4-5-6-7-8-9-10-12-16-32-27(34)23(37-28(32)36)21-22-25(30-17-19-35-20-18-30)29-24-14-11-13-15-31(24)26(22)33/h11,13-15,21H,2-10,12,16-20H2,1H3/b23-21+. The van der Waals surface area contributed by atoms with Crippen LogP contribution in [0, 0.1) is 0 Å². The van der Waals surface area contributed by atoms with Gasteiger partial charge in [0.2, 0.25) is 0 Å². The monoisotopic (exact) mass is 542 g/mol. The van der Waals surface area contributed by atoms with E-state index >= 15 is 0 Å². The number of nitrogens with zero attached hydrogens (tertiary/aromatic N) is 4. The summed E-state index contributed by atoms with van der Waals surface area (Å²) >= 11 is 6.83. The van der Waals surface area contributed by atoms with Crippen molar-refractivity contribution in [2.24, 2.45) is 0 Å². The Morgan fingerprint density at radius 3 is 2.38 bits per heavy atom. The Balaban J connectivity index is 1.40. The molecule has 0 radical (unpaired) electrons. The number of thiocarbonyl (C=S) groups is 1. The van der Waals surface area contributed by atoms with Gasteiger partial charge in [-0.25, -0.2) is 4.98 Å². The highest BCUT2D eigenvalue weighted by Crippen LogP contribution is 2.34. The van der Waals surface area contributed by atoms with E-state index in [0.717, 1.165) is 12.8 Å². The van der Waals surface area contributed by atoms with Crippen LogP contribution in [0.1, 0.15) is 76.7 Å². The molecule has 4 rings (SSSR count). The number of morpholine rings is 1. The molecule has 2 fully saturated rings. The molecule has 2 aliphatic heterocycles. The fourth-order valence-electron chi connectivity index (χ4n) is 4.81. The number of hydrogen-bond donors (Lipinski definition) is 0. The molecule has 0 aliphatic carbocycles. The summed E-state index contributed by atoms with van der Waals surface area (Å²) in [7, 11) is 0. The highest BCUT2D eigenvalue weighted by atomic mass is 32.2. The van der Waals surface area contributed by atoms with Gasteiger partial charge in [0, 0.05) is 25.8 Å². The Labute approximate surface area is 229 Å². The normalized spacial score (nSPS) is 17.5. The number of carbonyl (C=O) groups is 1. The third-order valence-corrected chi connectivity index (χ3v) is 8.32. The molecular formula is C28H38N4O3S2. The number of anilines is 1. The van der Waals surface area contributed by atoms with Gasteiger partial charge in [-0.1, -0.05) is 94.8 Å². The van der Waals surface area contributed by atoms with E-state index < -0.39 is 0 Å². The zero-order chi connectivity index (χ0) is 26.0. The molecule has 2 saturated heterocycles. The van der Waals surface area contributed by atoms with E-state index in [9.17, 15) is 9.59 Å². The molecule has 200 valence electrons. The van der Waals surface area contributed by atoms with E-state index in [-0.39, 0.29) is 11.5 Å². The number of aromatic nitrogens is 2. The van der Waals surface area contributed by atoms with Crippen molar-refractivity contribution in [2.45, 2.75) is 71.1 Å². The number of pyridine rings is 1. The average molecular weight is 543 g/mol. The van der Waals surface area contributed by atoms with Gasteiger partial charge >= 0.3 is 0 Å². The van der Waals surface area contributed by atoms with E-state index in [1.807, 2.05) is 12.1 Å². The predicted octanol–water partition coefficient (Wildman–Crippen LogP) is 5.65. The Bertz CT molecular complexity index is 1170. The highest BCUT2D eigenvalue weighted by molar-refractivity contribution is 8.26. The molecule has 7 nitrogen and oxygen atoms in total. The molecule has 0 bridgehead atoms. The molecule has 2 aromatic heterocycles. The van der Waals surface area contributed by atoms with Crippen LogP contribution < -0.4 is 10.5 Å².